The number of benzene rings is 2. The number of rotatable bonds is 4. The van der Waals surface area contributed by atoms with Crippen LogP contribution in [-0.4, -0.2) is 60.1 Å². The molecule has 0 aliphatic carbocycles. The summed E-state index contributed by atoms with van der Waals surface area (Å²) < 4.78 is 14.0. The van der Waals surface area contributed by atoms with Crippen LogP contribution >= 0.6 is 11.6 Å². The van der Waals surface area contributed by atoms with E-state index in [-0.39, 0.29) is 11.7 Å². The molecule has 1 unspecified atom stereocenters. The zero-order chi connectivity index (χ0) is 18.9. The minimum Gasteiger partial charge on any atom is -0.387 e. The molecule has 1 amide bonds. The lowest BCUT2D eigenvalue weighted by atomic mass is 10.0. The summed E-state index contributed by atoms with van der Waals surface area (Å²) in [6, 6.07) is 11.2. The van der Waals surface area contributed by atoms with Crippen LogP contribution in [0.25, 0.3) is 11.1 Å². The van der Waals surface area contributed by atoms with Gasteiger partial charge in [0.25, 0.3) is 5.91 Å². The highest BCUT2D eigenvalue weighted by molar-refractivity contribution is 6.30. The number of aliphatic hydroxyl groups is 1. The fraction of sp³-hybridized carbons (Fsp3) is 0.350. The summed E-state index contributed by atoms with van der Waals surface area (Å²) in [4.78, 5) is 16.3. The maximum absolute atomic E-state index is 14.0. The first-order chi connectivity index (χ1) is 12.3. The number of carbonyl (C=O) groups excluding carboxylic acids is 1. The average molecular weight is 377 g/mol. The highest BCUT2D eigenvalue weighted by atomic mass is 35.5. The molecule has 3 rings (SSSR count). The molecule has 0 aromatic heterocycles. The molecule has 1 saturated heterocycles. The molecule has 0 saturated carbocycles. The number of hydrogen-bond donors (Lipinski definition) is 1. The molecular weight excluding hydrogens is 355 g/mol. The minimum absolute atomic E-state index is 0.127. The van der Waals surface area contributed by atoms with E-state index in [1.54, 1.807) is 35.2 Å². The van der Waals surface area contributed by atoms with Gasteiger partial charge in [-0.15, -0.1) is 0 Å². The molecular formula is C20H22ClFN2O2. The molecule has 26 heavy (non-hydrogen) atoms. The standard InChI is InChI=1S/C20H22ClFN2O2/c1-23(2)12-20(26)9-10-24(13-20)19(25)15-5-3-14(4-6-15)17-11-16(21)7-8-18(17)22/h3-8,11,26H,9-10,12-13H2,1-2H3. The Bertz CT molecular complexity index is 810. The SMILES string of the molecule is CN(C)CC1(O)CCN(C(=O)c2ccc(-c3cc(Cl)ccc3F)cc2)C1. The third kappa shape index (κ3) is 4.06. The summed E-state index contributed by atoms with van der Waals surface area (Å²) in [6.45, 7) is 1.35. The quantitative estimate of drug-likeness (QED) is 0.890. The zero-order valence-corrected chi connectivity index (χ0v) is 15.6. The van der Waals surface area contributed by atoms with Crippen molar-refractivity contribution in [1.82, 2.24) is 9.80 Å². The molecule has 0 spiro atoms. The molecule has 1 fully saturated rings. The number of nitrogens with zero attached hydrogens (tertiary/aromatic N) is 2. The monoisotopic (exact) mass is 376 g/mol. The molecule has 6 heteroatoms. The molecule has 1 atom stereocenters. The van der Waals surface area contributed by atoms with E-state index in [0.717, 1.165) is 0 Å². The molecule has 1 N–H and O–H groups in total. The molecule has 138 valence electrons. The predicted octanol–water partition coefficient (Wildman–Crippen LogP) is 3.28. The van der Waals surface area contributed by atoms with E-state index in [1.807, 2.05) is 19.0 Å². The highest BCUT2D eigenvalue weighted by Crippen LogP contribution is 2.28. The summed E-state index contributed by atoms with van der Waals surface area (Å²) in [5.41, 5.74) is 0.707. The van der Waals surface area contributed by atoms with Crippen LogP contribution in [-0.2, 0) is 0 Å². The van der Waals surface area contributed by atoms with Crippen LogP contribution < -0.4 is 0 Å². The first-order valence-corrected chi connectivity index (χ1v) is 8.87. The van der Waals surface area contributed by atoms with E-state index in [0.29, 0.717) is 47.8 Å². The molecule has 0 bridgehead atoms. The molecule has 2 aromatic carbocycles. The molecule has 4 nitrogen and oxygen atoms in total. The van der Waals surface area contributed by atoms with Crippen LogP contribution in [0.3, 0.4) is 0 Å². The molecule has 0 radical (unpaired) electrons. The van der Waals surface area contributed by atoms with Crippen molar-refractivity contribution in [3.8, 4) is 11.1 Å². The Hall–Kier alpha value is -1.95. The lowest BCUT2D eigenvalue weighted by molar-refractivity contribution is 0.0236. The van der Waals surface area contributed by atoms with Gasteiger partial charge in [0.1, 0.15) is 5.82 Å². The van der Waals surface area contributed by atoms with Crippen LogP contribution in [0.4, 0.5) is 4.39 Å². The van der Waals surface area contributed by atoms with Gasteiger partial charge in [-0.2, -0.15) is 0 Å². The lowest BCUT2D eigenvalue weighted by Crippen LogP contribution is -2.43. The summed E-state index contributed by atoms with van der Waals surface area (Å²) in [5, 5.41) is 11.0. The third-order valence-electron chi connectivity index (χ3n) is 4.60. The molecule has 2 aromatic rings. The van der Waals surface area contributed by atoms with Crippen molar-refractivity contribution in [2.75, 3.05) is 33.7 Å². The van der Waals surface area contributed by atoms with Crippen molar-refractivity contribution < 1.29 is 14.3 Å². The Kier molecular flexibility index (Phi) is 5.32. The number of likely N-dealkylation sites (N-methyl/N-ethyl adjacent to an activating group) is 1. The maximum Gasteiger partial charge on any atom is 0.253 e. The van der Waals surface area contributed by atoms with Crippen LogP contribution in [0.5, 0.6) is 0 Å². The second-order valence-electron chi connectivity index (χ2n) is 7.14. The first kappa shape index (κ1) is 18.8. The average Bonchev–Trinajstić information content (AvgIpc) is 2.97. The number of likely N-dealkylation sites (tertiary alicyclic amines) is 1. The Balaban J connectivity index is 1.75. The largest absolute Gasteiger partial charge is 0.387 e. The summed E-state index contributed by atoms with van der Waals surface area (Å²) in [5.74, 6) is -0.487. The maximum atomic E-state index is 14.0. The molecule has 1 aliphatic heterocycles. The number of hydrogen-bond acceptors (Lipinski definition) is 3. The molecule has 1 heterocycles. The number of carbonyl (C=O) groups is 1. The van der Waals surface area contributed by atoms with Gasteiger partial charge >= 0.3 is 0 Å². The van der Waals surface area contributed by atoms with Crippen molar-refractivity contribution in [3.05, 3.63) is 58.9 Å². The van der Waals surface area contributed by atoms with Crippen LogP contribution in [0, 0.1) is 5.82 Å². The highest BCUT2D eigenvalue weighted by Gasteiger charge is 2.38. The Morgan fingerprint density at radius 1 is 1.27 bits per heavy atom. The zero-order valence-electron chi connectivity index (χ0n) is 14.9. The predicted molar refractivity (Wildman–Crippen MR) is 101 cm³/mol. The Morgan fingerprint density at radius 2 is 1.96 bits per heavy atom. The van der Waals surface area contributed by atoms with Crippen molar-refractivity contribution in [2.24, 2.45) is 0 Å². The smallest absolute Gasteiger partial charge is 0.253 e. The topological polar surface area (TPSA) is 43.8 Å². The van der Waals surface area contributed by atoms with Crippen molar-refractivity contribution >= 4 is 17.5 Å². The van der Waals surface area contributed by atoms with Gasteiger partial charge in [-0.05, 0) is 56.4 Å². The summed E-state index contributed by atoms with van der Waals surface area (Å²) in [6.07, 6.45) is 0.558. The van der Waals surface area contributed by atoms with E-state index >= 15 is 0 Å². The van der Waals surface area contributed by atoms with Crippen molar-refractivity contribution in [2.45, 2.75) is 12.0 Å². The van der Waals surface area contributed by atoms with Crippen LogP contribution in [0.2, 0.25) is 5.02 Å². The first-order valence-electron chi connectivity index (χ1n) is 8.49. The number of halogens is 2. The third-order valence-corrected chi connectivity index (χ3v) is 4.84. The lowest BCUT2D eigenvalue weighted by Gasteiger charge is -2.26. The van der Waals surface area contributed by atoms with E-state index in [4.69, 9.17) is 11.6 Å². The van der Waals surface area contributed by atoms with E-state index in [9.17, 15) is 14.3 Å². The number of β-amino-alcohol motifs (C(OH)–C–C–N with tert-alkyl or cyclic N) is 1. The normalized spacial score (nSPS) is 20.0. The van der Waals surface area contributed by atoms with Gasteiger partial charge in [0.15, 0.2) is 0 Å². The summed E-state index contributed by atoms with van der Waals surface area (Å²) >= 11 is 5.94. The number of amides is 1. The van der Waals surface area contributed by atoms with Gasteiger partial charge in [-0.3, -0.25) is 4.79 Å². The fourth-order valence-corrected chi connectivity index (χ4v) is 3.61. The van der Waals surface area contributed by atoms with E-state index in [1.165, 1.54) is 12.1 Å². The van der Waals surface area contributed by atoms with Gasteiger partial charge in [-0.25, -0.2) is 4.39 Å². The fourth-order valence-electron chi connectivity index (χ4n) is 3.44. The van der Waals surface area contributed by atoms with E-state index < -0.39 is 5.60 Å². The van der Waals surface area contributed by atoms with Gasteiger partial charge in [0.05, 0.1) is 12.1 Å². The van der Waals surface area contributed by atoms with Crippen molar-refractivity contribution in [1.29, 1.82) is 0 Å². The minimum atomic E-state index is -0.872. The van der Waals surface area contributed by atoms with Crippen LogP contribution in [0.15, 0.2) is 42.5 Å². The second-order valence-corrected chi connectivity index (χ2v) is 7.58. The Morgan fingerprint density at radius 3 is 2.62 bits per heavy atom. The summed E-state index contributed by atoms with van der Waals surface area (Å²) in [7, 11) is 3.80. The van der Waals surface area contributed by atoms with Gasteiger partial charge in [0, 0.05) is 29.2 Å². The molecule has 1 aliphatic rings. The van der Waals surface area contributed by atoms with Crippen molar-refractivity contribution in [3.63, 3.8) is 0 Å². The van der Waals surface area contributed by atoms with Gasteiger partial charge in [-0.1, -0.05) is 23.7 Å². The van der Waals surface area contributed by atoms with Gasteiger partial charge < -0.3 is 14.9 Å². The Labute approximate surface area is 157 Å². The van der Waals surface area contributed by atoms with Gasteiger partial charge in [0.2, 0.25) is 0 Å². The second kappa shape index (κ2) is 7.35. The van der Waals surface area contributed by atoms with Crippen LogP contribution in [0.1, 0.15) is 16.8 Å². The van der Waals surface area contributed by atoms with E-state index in [2.05, 4.69) is 0 Å².